The first-order valence-electron chi connectivity index (χ1n) is 6.68. The molecule has 3 rings (SSSR count). The van der Waals surface area contributed by atoms with Gasteiger partial charge in [-0.25, -0.2) is 9.37 Å². The van der Waals surface area contributed by atoms with Crippen LogP contribution in [0.4, 0.5) is 27.5 Å². The Morgan fingerprint density at radius 3 is 2.43 bits per heavy atom. The Balaban J connectivity index is 1.76. The first kappa shape index (κ1) is 15.7. The minimum absolute atomic E-state index is 0.0530. The quantitative estimate of drug-likeness (QED) is 0.613. The molecule has 0 saturated heterocycles. The van der Waals surface area contributed by atoms with E-state index in [2.05, 4.69) is 36.5 Å². The van der Waals surface area contributed by atoms with Gasteiger partial charge in [0.05, 0.1) is 5.02 Å². The molecule has 1 aromatic heterocycles. The minimum atomic E-state index is -0.461. The summed E-state index contributed by atoms with van der Waals surface area (Å²) in [5, 5.41) is 6.22. The van der Waals surface area contributed by atoms with E-state index in [4.69, 9.17) is 11.6 Å². The predicted molar refractivity (Wildman–Crippen MR) is 94.1 cm³/mol. The summed E-state index contributed by atoms with van der Waals surface area (Å²) < 4.78 is 14.2. The minimum Gasteiger partial charge on any atom is -0.340 e. The van der Waals surface area contributed by atoms with Crippen molar-refractivity contribution in [3.63, 3.8) is 0 Å². The van der Waals surface area contributed by atoms with Crippen LogP contribution in [0.3, 0.4) is 0 Å². The molecule has 2 aromatic carbocycles. The molecule has 0 bridgehead atoms. The van der Waals surface area contributed by atoms with E-state index in [1.165, 1.54) is 12.1 Å². The molecule has 23 heavy (non-hydrogen) atoms. The molecule has 4 nitrogen and oxygen atoms in total. The zero-order valence-corrected chi connectivity index (χ0v) is 14.1. The van der Waals surface area contributed by atoms with Crippen molar-refractivity contribution in [1.82, 2.24) is 9.97 Å². The standard InChI is InChI=1S/C16H11BrClFN4/c17-10-1-3-11(4-2-10)22-16-20-8-7-15(23-16)21-12-5-6-14(19)13(18)9-12/h1-9H,(H2,20,21,22,23). The van der Waals surface area contributed by atoms with Gasteiger partial charge in [0.25, 0.3) is 0 Å². The van der Waals surface area contributed by atoms with Gasteiger partial charge in [-0.1, -0.05) is 27.5 Å². The molecule has 0 aliphatic carbocycles. The van der Waals surface area contributed by atoms with Gasteiger partial charge in [-0.3, -0.25) is 0 Å². The monoisotopic (exact) mass is 392 g/mol. The maximum absolute atomic E-state index is 13.2. The summed E-state index contributed by atoms with van der Waals surface area (Å²) in [4.78, 5) is 8.53. The molecule has 0 atom stereocenters. The summed E-state index contributed by atoms with van der Waals surface area (Å²) in [5.74, 6) is 0.560. The number of hydrogen-bond donors (Lipinski definition) is 2. The van der Waals surface area contributed by atoms with E-state index in [1.807, 2.05) is 24.3 Å². The van der Waals surface area contributed by atoms with Gasteiger partial charge >= 0.3 is 0 Å². The molecule has 0 radical (unpaired) electrons. The van der Waals surface area contributed by atoms with Crippen LogP contribution in [0.25, 0.3) is 0 Å². The Morgan fingerprint density at radius 2 is 1.70 bits per heavy atom. The van der Waals surface area contributed by atoms with Crippen molar-refractivity contribution in [2.45, 2.75) is 0 Å². The van der Waals surface area contributed by atoms with Gasteiger partial charge in [-0.05, 0) is 48.5 Å². The van der Waals surface area contributed by atoms with Crippen LogP contribution < -0.4 is 10.6 Å². The fourth-order valence-corrected chi connectivity index (χ4v) is 2.32. The van der Waals surface area contributed by atoms with Crippen LogP contribution in [0.5, 0.6) is 0 Å². The molecule has 0 saturated carbocycles. The number of benzene rings is 2. The maximum Gasteiger partial charge on any atom is 0.229 e. The number of nitrogens with one attached hydrogen (secondary N) is 2. The van der Waals surface area contributed by atoms with Crippen LogP contribution in [0.15, 0.2) is 59.2 Å². The van der Waals surface area contributed by atoms with E-state index in [9.17, 15) is 4.39 Å². The Bertz CT molecular complexity index is 827. The highest BCUT2D eigenvalue weighted by molar-refractivity contribution is 9.10. The van der Waals surface area contributed by atoms with Gasteiger partial charge < -0.3 is 10.6 Å². The molecule has 0 aliphatic rings. The molecule has 7 heteroatoms. The van der Waals surface area contributed by atoms with Crippen LogP contribution >= 0.6 is 27.5 Å². The average Bonchev–Trinajstić information content (AvgIpc) is 2.54. The second-order valence-corrected chi connectivity index (χ2v) is 5.97. The molecule has 0 unspecified atom stereocenters. The van der Waals surface area contributed by atoms with Crippen LogP contribution in [-0.4, -0.2) is 9.97 Å². The zero-order chi connectivity index (χ0) is 16.2. The van der Waals surface area contributed by atoms with E-state index in [0.29, 0.717) is 17.5 Å². The highest BCUT2D eigenvalue weighted by atomic mass is 79.9. The van der Waals surface area contributed by atoms with E-state index in [0.717, 1.165) is 10.2 Å². The van der Waals surface area contributed by atoms with E-state index in [1.54, 1.807) is 18.3 Å². The van der Waals surface area contributed by atoms with E-state index < -0.39 is 5.82 Å². The number of anilines is 4. The molecule has 0 spiro atoms. The molecule has 0 fully saturated rings. The molecule has 116 valence electrons. The first-order chi connectivity index (χ1) is 11.1. The molecule has 0 aliphatic heterocycles. The topological polar surface area (TPSA) is 49.8 Å². The molecule has 3 aromatic rings. The molecule has 2 N–H and O–H groups in total. The van der Waals surface area contributed by atoms with Gasteiger partial charge in [0.1, 0.15) is 11.6 Å². The van der Waals surface area contributed by atoms with Crippen molar-refractivity contribution in [3.05, 3.63) is 70.0 Å². The van der Waals surface area contributed by atoms with Crippen LogP contribution in [0.1, 0.15) is 0 Å². The fraction of sp³-hybridized carbons (Fsp3) is 0. The van der Waals surface area contributed by atoms with E-state index >= 15 is 0 Å². The Labute approximate surface area is 145 Å². The van der Waals surface area contributed by atoms with Crippen molar-refractivity contribution in [2.75, 3.05) is 10.6 Å². The highest BCUT2D eigenvalue weighted by Crippen LogP contribution is 2.23. The van der Waals surface area contributed by atoms with Crippen molar-refractivity contribution >= 4 is 50.7 Å². The second kappa shape index (κ2) is 6.93. The summed E-state index contributed by atoms with van der Waals surface area (Å²) >= 11 is 9.15. The lowest BCUT2D eigenvalue weighted by Crippen LogP contribution is -2.00. The van der Waals surface area contributed by atoms with Gasteiger partial charge in [-0.15, -0.1) is 0 Å². The lowest BCUT2D eigenvalue weighted by Gasteiger charge is -2.09. The van der Waals surface area contributed by atoms with Gasteiger partial charge in [0.2, 0.25) is 5.95 Å². The molecular weight excluding hydrogens is 383 g/mol. The van der Waals surface area contributed by atoms with Crippen molar-refractivity contribution < 1.29 is 4.39 Å². The van der Waals surface area contributed by atoms with E-state index in [-0.39, 0.29) is 5.02 Å². The number of nitrogens with zero attached hydrogens (tertiary/aromatic N) is 2. The Morgan fingerprint density at radius 1 is 0.957 bits per heavy atom. The second-order valence-electron chi connectivity index (χ2n) is 4.65. The third-order valence-electron chi connectivity index (χ3n) is 2.95. The van der Waals surface area contributed by atoms with Gasteiger partial charge in [0.15, 0.2) is 0 Å². The molecule has 0 amide bonds. The molecular formula is C16H11BrClFN4. The SMILES string of the molecule is Fc1ccc(Nc2ccnc(Nc3ccc(Br)cc3)n2)cc1Cl. The summed E-state index contributed by atoms with van der Waals surface area (Å²) in [7, 11) is 0. The zero-order valence-electron chi connectivity index (χ0n) is 11.7. The largest absolute Gasteiger partial charge is 0.340 e. The first-order valence-corrected chi connectivity index (χ1v) is 7.85. The lowest BCUT2D eigenvalue weighted by atomic mass is 10.3. The van der Waals surface area contributed by atoms with Gasteiger partial charge in [-0.2, -0.15) is 4.98 Å². The average molecular weight is 394 g/mol. The highest BCUT2D eigenvalue weighted by Gasteiger charge is 2.04. The summed E-state index contributed by atoms with van der Waals surface area (Å²) in [6.45, 7) is 0. The third-order valence-corrected chi connectivity index (χ3v) is 3.77. The number of halogens is 3. The lowest BCUT2D eigenvalue weighted by molar-refractivity contribution is 0.628. The fourth-order valence-electron chi connectivity index (χ4n) is 1.87. The Hall–Kier alpha value is -2.18. The van der Waals surface area contributed by atoms with Crippen molar-refractivity contribution in [2.24, 2.45) is 0 Å². The number of hydrogen-bond acceptors (Lipinski definition) is 4. The summed E-state index contributed by atoms with van der Waals surface area (Å²) in [6, 6.07) is 13.8. The smallest absolute Gasteiger partial charge is 0.229 e. The number of rotatable bonds is 4. The van der Waals surface area contributed by atoms with Crippen molar-refractivity contribution in [3.8, 4) is 0 Å². The van der Waals surface area contributed by atoms with Crippen LogP contribution in [-0.2, 0) is 0 Å². The van der Waals surface area contributed by atoms with Crippen LogP contribution in [0, 0.1) is 5.82 Å². The summed E-state index contributed by atoms with van der Waals surface area (Å²) in [5.41, 5.74) is 1.51. The maximum atomic E-state index is 13.2. The van der Waals surface area contributed by atoms with Crippen molar-refractivity contribution in [1.29, 1.82) is 0 Å². The van der Waals surface area contributed by atoms with Gasteiger partial charge in [0, 0.05) is 22.0 Å². The normalized spacial score (nSPS) is 10.4. The third kappa shape index (κ3) is 4.18. The van der Waals surface area contributed by atoms with Crippen LogP contribution in [0.2, 0.25) is 5.02 Å². The predicted octanol–water partition coefficient (Wildman–Crippen LogP) is 5.52. The molecule has 1 heterocycles. The Kier molecular flexibility index (Phi) is 4.73. The summed E-state index contributed by atoms with van der Waals surface area (Å²) in [6.07, 6.45) is 1.63. The number of aromatic nitrogens is 2.